The van der Waals surface area contributed by atoms with Crippen molar-refractivity contribution in [3.63, 3.8) is 0 Å². The minimum Gasteiger partial charge on any atom is -0.484 e. The van der Waals surface area contributed by atoms with E-state index in [1.807, 2.05) is 25.1 Å². The number of ether oxygens (including phenoxy) is 1. The van der Waals surface area contributed by atoms with Gasteiger partial charge in [-0.1, -0.05) is 18.2 Å². The molecular formula is C15H14N4O2. The highest BCUT2D eigenvalue weighted by Gasteiger charge is 2.05. The van der Waals surface area contributed by atoms with Crippen LogP contribution in [-0.4, -0.2) is 27.1 Å². The number of anilines is 1. The van der Waals surface area contributed by atoms with E-state index in [1.165, 1.54) is 0 Å². The first kappa shape index (κ1) is 13.1. The van der Waals surface area contributed by atoms with Gasteiger partial charge in [-0.25, -0.2) is 9.50 Å². The van der Waals surface area contributed by atoms with Gasteiger partial charge in [0.05, 0.1) is 11.9 Å². The molecule has 21 heavy (non-hydrogen) atoms. The lowest BCUT2D eigenvalue weighted by Crippen LogP contribution is -2.20. The SMILES string of the molecule is Cc1nc2ccc(NC(=O)COc3ccccc3)cn2n1. The number of hydrogen-bond acceptors (Lipinski definition) is 4. The zero-order chi connectivity index (χ0) is 14.7. The molecule has 0 aliphatic rings. The molecule has 6 heteroatoms. The number of aryl methyl sites for hydroxylation is 1. The van der Waals surface area contributed by atoms with Crippen LogP contribution in [0, 0.1) is 6.92 Å². The van der Waals surface area contributed by atoms with Crippen LogP contribution in [0.3, 0.4) is 0 Å². The molecule has 106 valence electrons. The van der Waals surface area contributed by atoms with Gasteiger partial charge in [0.1, 0.15) is 11.6 Å². The van der Waals surface area contributed by atoms with E-state index in [0.29, 0.717) is 17.3 Å². The third kappa shape index (κ3) is 3.17. The molecule has 0 aliphatic carbocycles. The second kappa shape index (κ2) is 5.62. The maximum absolute atomic E-state index is 11.8. The van der Waals surface area contributed by atoms with Crippen molar-refractivity contribution >= 4 is 17.2 Å². The van der Waals surface area contributed by atoms with Gasteiger partial charge in [0.25, 0.3) is 5.91 Å². The van der Waals surface area contributed by atoms with Crippen LogP contribution < -0.4 is 10.1 Å². The van der Waals surface area contributed by atoms with E-state index >= 15 is 0 Å². The number of hydrogen-bond donors (Lipinski definition) is 1. The van der Waals surface area contributed by atoms with E-state index < -0.39 is 0 Å². The maximum atomic E-state index is 11.8. The molecule has 0 bridgehead atoms. The van der Waals surface area contributed by atoms with Crippen LogP contribution in [0.25, 0.3) is 5.65 Å². The van der Waals surface area contributed by atoms with Crippen LogP contribution in [-0.2, 0) is 4.79 Å². The lowest BCUT2D eigenvalue weighted by atomic mass is 10.3. The summed E-state index contributed by atoms with van der Waals surface area (Å²) in [6.45, 7) is 1.78. The first-order chi connectivity index (χ1) is 10.2. The van der Waals surface area contributed by atoms with Gasteiger partial charge in [0.15, 0.2) is 12.3 Å². The van der Waals surface area contributed by atoms with Crippen LogP contribution in [0.2, 0.25) is 0 Å². The van der Waals surface area contributed by atoms with E-state index in [4.69, 9.17) is 4.74 Å². The van der Waals surface area contributed by atoms with Crippen molar-refractivity contribution in [2.24, 2.45) is 0 Å². The monoisotopic (exact) mass is 282 g/mol. The molecule has 0 atom stereocenters. The number of fused-ring (bicyclic) bond motifs is 1. The molecule has 1 N–H and O–H groups in total. The number of benzene rings is 1. The Morgan fingerprint density at radius 1 is 1.24 bits per heavy atom. The van der Waals surface area contributed by atoms with Gasteiger partial charge >= 0.3 is 0 Å². The highest BCUT2D eigenvalue weighted by molar-refractivity contribution is 5.91. The first-order valence-electron chi connectivity index (χ1n) is 6.51. The zero-order valence-corrected chi connectivity index (χ0v) is 11.5. The van der Waals surface area contributed by atoms with Crippen LogP contribution in [0.4, 0.5) is 5.69 Å². The summed E-state index contributed by atoms with van der Waals surface area (Å²) in [5, 5.41) is 6.96. The van der Waals surface area contributed by atoms with Crippen LogP contribution in [0.15, 0.2) is 48.7 Å². The number of carbonyl (C=O) groups excluding carboxylic acids is 1. The quantitative estimate of drug-likeness (QED) is 0.795. The molecule has 0 aliphatic heterocycles. The van der Waals surface area contributed by atoms with Gasteiger partial charge in [0, 0.05) is 0 Å². The number of rotatable bonds is 4. The molecule has 0 spiro atoms. The molecule has 2 aromatic heterocycles. The Morgan fingerprint density at radius 3 is 2.86 bits per heavy atom. The second-order valence-corrected chi connectivity index (χ2v) is 4.53. The molecule has 0 fully saturated rings. The number of carbonyl (C=O) groups is 1. The smallest absolute Gasteiger partial charge is 0.262 e. The molecule has 2 heterocycles. The Labute approximate surface area is 121 Å². The number of nitrogens with zero attached hydrogens (tertiary/aromatic N) is 3. The van der Waals surface area contributed by atoms with Crippen LogP contribution in [0.5, 0.6) is 5.75 Å². The summed E-state index contributed by atoms with van der Waals surface area (Å²) in [5.41, 5.74) is 1.39. The normalized spacial score (nSPS) is 10.5. The largest absolute Gasteiger partial charge is 0.484 e. The molecule has 3 aromatic rings. The molecule has 0 saturated heterocycles. The molecule has 3 rings (SSSR count). The van der Waals surface area contributed by atoms with E-state index in [1.54, 1.807) is 35.0 Å². The Hall–Kier alpha value is -2.89. The third-order valence-electron chi connectivity index (χ3n) is 2.83. The van der Waals surface area contributed by atoms with Gasteiger partial charge in [-0.3, -0.25) is 4.79 Å². The minimum atomic E-state index is -0.227. The number of amides is 1. The molecule has 0 saturated carbocycles. The summed E-state index contributed by atoms with van der Waals surface area (Å²) < 4.78 is 7.01. The fraction of sp³-hybridized carbons (Fsp3) is 0.133. The van der Waals surface area contributed by atoms with E-state index in [2.05, 4.69) is 15.4 Å². The number of para-hydroxylation sites is 1. The summed E-state index contributed by atoms with van der Waals surface area (Å²) >= 11 is 0. The number of pyridine rings is 1. The van der Waals surface area contributed by atoms with Gasteiger partial charge in [0.2, 0.25) is 0 Å². The standard InChI is InChI=1S/C15H14N4O2/c1-11-16-14-8-7-12(9-19(14)18-11)17-15(20)10-21-13-5-3-2-4-6-13/h2-9H,10H2,1H3,(H,17,20). The highest BCUT2D eigenvalue weighted by Crippen LogP contribution is 2.11. The summed E-state index contributed by atoms with van der Waals surface area (Å²) in [6.07, 6.45) is 1.72. The second-order valence-electron chi connectivity index (χ2n) is 4.53. The Balaban J connectivity index is 1.63. The number of nitrogens with one attached hydrogen (secondary N) is 1. The van der Waals surface area contributed by atoms with Crippen molar-refractivity contribution in [1.82, 2.24) is 14.6 Å². The van der Waals surface area contributed by atoms with Crippen molar-refractivity contribution in [3.8, 4) is 5.75 Å². The highest BCUT2D eigenvalue weighted by atomic mass is 16.5. The summed E-state index contributed by atoms with van der Waals surface area (Å²) in [5.74, 6) is 1.12. The number of aromatic nitrogens is 3. The summed E-state index contributed by atoms with van der Waals surface area (Å²) in [6, 6.07) is 12.8. The van der Waals surface area contributed by atoms with Crippen molar-refractivity contribution < 1.29 is 9.53 Å². The predicted molar refractivity (Wildman–Crippen MR) is 78.3 cm³/mol. The molecule has 0 radical (unpaired) electrons. The van der Waals surface area contributed by atoms with Gasteiger partial charge in [-0.2, -0.15) is 5.10 Å². The predicted octanol–water partition coefficient (Wildman–Crippen LogP) is 2.06. The van der Waals surface area contributed by atoms with Gasteiger partial charge in [-0.05, 0) is 31.2 Å². The van der Waals surface area contributed by atoms with Crippen molar-refractivity contribution in [3.05, 3.63) is 54.5 Å². The Bertz CT molecular complexity index is 768. The van der Waals surface area contributed by atoms with Crippen molar-refractivity contribution in [2.75, 3.05) is 11.9 Å². The summed E-state index contributed by atoms with van der Waals surface area (Å²) in [7, 11) is 0. The zero-order valence-electron chi connectivity index (χ0n) is 11.5. The van der Waals surface area contributed by atoms with E-state index in [0.717, 1.165) is 5.65 Å². The maximum Gasteiger partial charge on any atom is 0.262 e. The lowest BCUT2D eigenvalue weighted by molar-refractivity contribution is -0.118. The molecular weight excluding hydrogens is 268 g/mol. The topological polar surface area (TPSA) is 68.5 Å². The molecule has 6 nitrogen and oxygen atoms in total. The van der Waals surface area contributed by atoms with Gasteiger partial charge < -0.3 is 10.1 Å². The Morgan fingerprint density at radius 2 is 2.05 bits per heavy atom. The third-order valence-corrected chi connectivity index (χ3v) is 2.83. The van der Waals surface area contributed by atoms with Crippen LogP contribution >= 0.6 is 0 Å². The molecule has 1 aromatic carbocycles. The van der Waals surface area contributed by atoms with Crippen molar-refractivity contribution in [2.45, 2.75) is 6.92 Å². The van der Waals surface area contributed by atoms with Crippen LogP contribution in [0.1, 0.15) is 5.82 Å². The lowest BCUT2D eigenvalue weighted by Gasteiger charge is -2.07. The first-order valence-corrected chi connectivity index (χ1v) is 6.51. The average Bonchev–Trinajstić information content (AvgIpc) is 2.85. The average molecular weight is 282 g/mol. The fourth-order valence-corrected chi connectivity index (χ4v) is 1.93. The molecule has 0 unspecified atom stereocenters. The van der Waals surface area contributed by atoms with E-state index in [-0.39, 0.29) is 12.5 Å². The van der Waals surface area contributed by atoms with Gasteiger partial charge in [-0.15, -0.1) is 0 Å². The Kier molecular flexibility index (Phi) is 3.51. The van der Waals surface area contributed by atoms with E-state index in [9.17, 15) is 4.79 Å². The fourth-order valence-electron chi connectivity index (χ4n) is 1.93. The summed E-state index contributed by atoms with van der Waals surface area (Å²) in [4.78, 5) is 16.1. The molecule has 1 amide bonds. The minimum absolute atomic E-state index is 0.0432. The van der Waals surface area contributed by atoms with Crippen molar-refractivity contribution in [1.29, 1.82) is 0 Å².